The van der Waals surface area contributed by atoms with Crippen LogP contribution in [0.15, 0.2) is 85.9 Å². The van der Waals surface area contributed by atoms with Gasteiger partial charge in [-0.3, -0.25) is 24.0 Å². The topological polar surface area (TPSA) is 190 Å². The molecule has 2 aromatic carbocycles. The molecule has 14 nitrogen and oxygen atoms in total. The van der Waals surface area contributed by atoms with Crippen molar-refractivity contribution >= 4 is 51.3 Å². The zero-order valence-electron chi connectivity index (χ0n) is 21.4. The lowest BCUT2D eigenvalue weighted by Gasteiger charge is -2.11. The van der Waals surface area contributed by atoms with Crippen LogP contribution in [0.3, 0.4) is 0 Å². The molecule has 41 heavy (non-hydrogen) atoms. The number of anilines is 1. The number of nitrogens with zero attached hydrogens (tertiary/aromatic N) is 3. The second kappa shape index (κ2) is 12.6. The van der Waals surface area contributed by atoms with Crippen LogP contribution in [-0.4, -0.2) is 52.5 Å². The average molecular weight is 603 g/mol. The predicted octanol–water partition coefficient (Wildman–Crippen LogP) is 2.92. The van der Waals surface area contributed by atoms with E-state index in [2.05, 4.69) is 19.6 Å². The molecule has 1 amide bonds. The van der Waals surface area contributed by atoms with Crippen molar-refractivity contribution in [2.45, 2.75) is 23.3 Å². The van der Waals surface area contributed by atoms with Gasteiger partial charge in [0.2, 0.25) is 0 Å². The normalized spacial score (nSPS) is 14.8. The summed E-state index contributed by atoms with van der Waals surface area (Å²) in [4.78, 5) is 38.8. The highest BCUT2D eigenvalue weighted by Crippen LogP contribution is 2.27. The molecule has 0 unspecified atom stereocenters. The number of hydrogen-bond donors (Lipinski definition) is 3. The standard InChI is InChI=1S/C25H22N4O10S2/c1-15(30)23-21(25(32)29(27-23)16-6-10-18(11-7-16)40-39-38-33)5-3-4-20-22(14-37-2)26-28(24(20)31)17-8-12-19(13-9-17)41(34,35)36/h3-13,26,33H,14H2,1-2H3,(H,34,35,36)/b4-3+,21-5-. The van der Waals surface area contributed by atoms with Gasteiger partial charge in [-0.25, -0.2) is 9.94 Å². The molecule has 1 aliphatic rings. The van der Waals surface area contributed by atoms with Crippen molar-refractivity contribution in [3.05, 3.63) is 87.9 Å². The summed E-state index contributed by atoms with van der Waals surface area (Å²) in [6, 6.07) is 11.3. The molecule has 214 valence electrons. The highest BCUT2D eigenvalue weighted by atomic mass is 32.2. The number of H-pyrrole nitrogens is 1. The summed E-state index contributed by atoms with van der Waals surface area (Å²) in [6.07, 6.45) is 4.23. The van der Waals surface area contributed by atoms with Gasteiger partial charge in [-0.2, -0.15) is 18.5 Å². The van der Waals surface area contributed by atoms with Gasteiger partial charge >= 0.3 is 0 Å². The van der Waals surface area contributed by atoms with E-state index in [4.69, 9.17) is 9.99 Å². The van der Waals surface area contributed by atoms with Crippen LogP contribution in [0.2, 0.25) is 0 Å². The molecule has 0 radical (unpaired) electrons. The largest absolute Gasteiger partial charge is 0.378 e. The molecule has 0 bridgehead atoms. The molecule has 0 saturated carbocycles. The molecule has 0 spiro atoms. The van der Waals surface area contributed by atoms with Gasteiger partial charge in [-0.1, -0.05) is 11.1 Å². The van der Waals surface area contributed by atoms with Crippen LogP contribution in [0.25, 0.3) is 11.8 Å². The summed E-state index contributed by atoms with van der Waals surface area (Å²) in [5.41, 5.74) is 0.677. The van der Waals surface area contributed by atoms with E-state index < -0.39 is 27.4 Å². The number of ketones is 1. The first kappa shape index (κ1) is 29.8. The fourth-order valence-corrected chi connectivity index (χ4v) is 4.64. The number of hydrogen-bond acceptors (Lipinski definition) is 11. The Balaban J connectivity index is 1.64. The van der Waals surface area contributed by atoms with E-state index in [1.165, 1.54) is 49.1 Å². The molecular formula is C25H22N4O10S2. The van der Waals surface area contributed by atoms with Crippen molar-refractivity contribution in [2.24, 2.45) is 5.10 Å². The summed E-state index contributed by atoms with van der Waals surface area (Å²) in [5, 5.41) is 19.9. The summed E-state index contributed by atoms with van der Waals surface area (Å²) < 4.78 is 42.6. The maximum Gasteiger partial charge on any atom is 0.294 e. The molecule has 0 fully saturated rings. The molecular weight excluding hydrogens is 580 g/mol. The number of carbonyl (C=O) groups excluding carboxylic acids is 2. The number of ether oxygens (including phenoxy) is 1. The number of methoxy groups -OCH3 is 1. The number of aromatic amines is 1. The number of aromatic nitrogens is 2. The number of allylic oxidation sites excluding steroid dienone is 2. The number of rotatable bonds is 11. The third-order valence-corrected chi connectivity index (χ3v) is 7.13. The van der Waals surface area contributed by atoms with Crippen molar-refractivity contribution in [3.63, 3.8) is 0 Å². The van der Waals surface area contributed by atoms with Crippen LogP contribution in [0.4, 0.5) is 5.69 Å². The van der Waals surface area contributed by atoms with Crippen molar-refractivity contribution in [3.8, 4) is 5.69 Å². The molecule has 2 heterocycles. The third-order valence-electron chi connectivity index (χ3n) is 5.67. The molecule has 3 N–H and O–H groups in total. The average Bonchev–Trinajstić information content (AvgIpc) is 3.44. The van der Waals surface area contributed by atoms with Crippen LogP contribution in [-0.2, 0) is 40.4 Å². The Labute approximate surface area is 236 Å². The van der Waals surface area contributed by atoms with E-state index in [9.17, 15) is 27.4 Å². The molecule has 1 aliphatic heterocycles. The zero-order chi connectivity index (χ0) is 29.7. The monoisotopic (exact) mass is 602 g/mol. The quantitative estimate of drug-likeness (QED) is 0.0962. The van der Waals surface area contributed by atoms with Crippen LogP contribution < -0.4 is 10.6 Å². The van der Waals surface area contributed by atoms with E-state index in [0.717, 1.165) is 29.2 Å². The van der Waals surface area contributed by atoms with Crippen LogP contribution in [0.1, 0.15) is 18.2 Å². The second-order valence-corrected chi connectivity index (χ2v) is 10.5. The van der Waals surface area contributed by atoms with E-state index in [1.54, 1.807) is 24.3 Å². The van der Waals surface area contributed by atoms with Crippen LogP contribution in [0, 0.1) is 0 Å². The van der Waals surface area contributed by atoms with Crippen molar-refractivity contribution in [1.82, 2.24) is 9.78 Å². The first-order chi connectivity index (χ1) is 19.5. The molecule has 16 heteroatoms. The fourth-order valence-electron chi connectivity index (χ4n) is 3.81. The van der Waals surface area contributed by atoms with Gasteiger partial charge in [0.15, 0.2) is 5.78 Å². The Morgan fingerprint density at radius 1 is 1.10 bits per heavy atom. The second-order valence-electron chi connectivity index (χ2n) is 8.33. The van der Waals surface area contributed by atoms with Crippen LogP contribution >= 0.6 is 12.0 Å². The van der Waals surface area contributed by atoms with Gasteiger partial charge < -0.3 is 4.74 Å². The predicted molar refractivity (Wildman–Crippen MR) is 147 cm³/mol. The molecule has 4 rings (SSSR count). The van der Waals surface area contributed by atoms with E-state index in [0.29, 0.717) is 22.0 Å². The summed E-state index contributed by atoms with van der Waals surface area (Å²) >= 11 is 0.736. The van der Waals surface area contributed by atoms with E-state index in [-0.39, 0.29) is 28.4 Å². The van der Waals surface area contributed by atoms with Crippen molar-refractivity contribution in [2.75, 3.05) is 12.1 Å². The number of nitrogens with one attached hydrogen (secondary N) is 1. The van der Waals surface area contributed by atoms with E-state index in [1.807, 2.05) is 0 Å². The lowest BCUT2D eigenvalue weighted by molar-refractivity contribution is -0.432. The zero-order valence-corrected chi connectivity index (χ0v) is 23.0. The van der Waals surface area contributed by atoms with Crippen molar-refractivity contribution in [1.29, 1.82) is 0 Å². The number of Topliss-reactive ketones (excluding diaryl/α,β-unsaturated/α-hetero) is 1. The number of hydrazone groups is 1. The SMILES string of the molecule is COCc1[nH]n(-c2ccc(S(=O)(=O)O)cc2)c(=O)c1/C=C/C=C1\C(=O)N(c2ccc(SOOO)cc2)N=C1C(C)=O. The minimum Gasteiger partial charge on any atom is -0.378 e. The van der Waals surface area contributed by atoms with Gasteiger partial charge in [0.25, 0.3) is 21.6 Å². The molecule has 1 aromatic heterocycles. The number of carbonyl (C=O) groups is 2. The van der Waals surface area contributed by atoms with Gasteiger partial charge in [0.1, 0.15) is 5.71 Å². The van der Waals surface area contributed by atoms with Gasteiger partial charge in [0.05, 0.1) is 51.8 Å². The molecule has 0 saturated heterocycles. The number of amides is 1. The number of benzene rings is 2. The van der Waals surface area contributed by atoms with E-state index >= 15 is 0 Å². The minimum atomic E-state index is -4.40. The maximum absolute atomic E-state index is 13.2. The summed E-state index contributed by atoms with van der Waals surface area (Å²) in [6.45, 7) is 1.30. The smallest absolute Gasteiger partial charge is 0.294 e. The fraction of sp³-hybridized carbons (Fsp3) is 0.120. The lowest BCUT2D eigenvalue weighted by atomic mass is 10.1. The molecule has 0 aliphatic carbocycles. The summed E-state index contributed by atoms with van der Waals surface area (Å²) in [7, 11) is -2.97. The van der Waals surface area contributed by atoms with Crippen molar-refractivity contribution < 1.29 is 41.9 Å². The first-order valence-corrected chi connectivity index (χ1v) is 13.7. The van der Waals surface area contributed by atoms with Gasteiger partial charge in [0, 0.05) is 18.9 Å². The Morgan fingerprint density at radius 3 is 2.34 bits per heavy atom. The maximum atomic E-state index is 13.2. The Morgan fingerprint density at radius 2 is 1.76 bits per heavy atom. The first-order valence-electron chi connectivity index (χ1n) is 11.5. The lowest BCUT2D eigenvalue weighted by Crippen LogP contribution is -2.21. The Bertz CT molecular complexity index is 1720. The molecule has 0 atom stereocenters. The highest BCUT2D eigenvalue weighted by Gasteiger charge is 2.33. The highest BCUT2D eigenvalue weighted by molar-refractivity contribution is 7.94. The molecule has 3 aromatic rings. The van der Waals surface area contributed by atoms with Gasteiger partial charge in [-0.05, 0) is 60.7 Å². The third kappa shape index (κ3) is 6.60. The Hall–Kier alpha value is -4.16. The minimum absolute atomic E-state index is 0.00849. The Kier molecular flexibility index (Phi) is 9.14. The van der Waals surface area contributed by atoms with Crippen LogP contribution in [0.5, 0.6) is 0 Å². The van der Waals surface area contributed by atoms with Gasteiger partial charge in [-0.15, -0.1) is 4.33 Å². The summed E-state index contributed by atoms with van der Waals surface area (Å²) in [5.74, 6) is -1.02.